The monoisotopic (exact) mass is 328 g/mol. The number of nitrogens with one attached hydrogen (secondary N) is 2. The summed E-state index contributed by atoms with van der Waals surface area (Å²) in [5.74, 6) is 1.71. The molecule has 1 aromatic rings. The van der Waals surface area contributed by atoms with Gasteiger partial charge < -0.3 is 20.1 Å². The largest absolute Gasteiger partial charge is 0.493 e. The molecule has 3 aliphatic rings. The van der Waals surface area contributed by atoms with Crippen molar-refractivity contribution in [2.24, 2.45) is 0 Å². The molecule has 128 valence electrons. The van der Waals surface area contributed by atoms with Crippen molar-refractivity contribution in [2.45, 2.75) is 44.9 Å². The van der Waals surface area contributed by atoms with Crippen LogP contribution in [-0.2, 0) is 12.8 Å². The first-order valence-corrected chi connectivity index (χ1v) is 8.98. The van der Waals surface area contributed by atoms with E-state index in [2.05, 4.69) is 22.8 Å². The molecule has 0 radical (unpaired) electrons. The first-order chi connectivity index (χ1) is 11.8. The maximum atomic E-state index is 12.3. The maximum absolute atomic E-state index is 12.3. The summed E-state index contributed by atoms with van der Waals surface area (Å²) >= 11 is 0. The van der Waals surface area contributed by atoms with E-state index in [9.17, 15) is 4.79 Å². The lowest BCUT2D eigenvalue weighted by Gasteiger charge is -2.16. The Bertz CT molecular complexity index is 649. The van der Waals surface area contributed by atoms with Crippen molar-refractivity contribution < 1.29 is 14.3 Å². The Hall–Kier alpha value is -2.17. The predicted molar refractivity (Wildman–Crippen MR) is 93.0 cm³/mol. The number of hydrogen-bond acceptors (Lipinski definition) is 3. The van der Waals surface area contributed by atoms with Crippen LogP contribution in [0.3, 0.4) is 0 Å². The molecule has 0 unspecified atom stereocenters. The molecular weight excluding hydrogens is 304 g/mol. The summed E-state index contributed by atoms with van der Waals surface area (Å²) in [4.78, 5) is 12.3. The van der Waals surface area contributed by atoms with Crippen LogP contribution in [0.2, 0.25) is 0 Å². The van der Waals surface area contributed by atoms with E-state index in [0.29, 0.717) is 19.8 Å². The number of rotatable bonds is 4. The summed E-state index contributed by atoms with van der Waals surface area (Å²) in [6.07, 6.45) is 9.88. The molecule has 0 atom stereocenters. The second-order valence-electron chi connectivity index (χ2n) is 6.65. The summed E-state index contributed by atoms with van der Waals surface area (Å²) in [6.45, 7) is 2.01. The van der Waals surface area contributed by atoms with E-state index < -0.39 is 0 Å². The molecule has 24 heavy (non-hydrogen) atoms. The number of ether oxygens (including phenoxy) is 2. The zero-order chi connectivity index (χ0) is 16.4. The van der Waals surface area contributed by atoms with Crippen LogP contribution in [0.5, 0.6) is 11.5 Å². The van der Waals surface area contributed by atoms with Crippen molar-refractivity contribution in [3.05, 3.63) is 28.8 Å². The van der Waals surface area contributed by atoms with Crippen molar-refractivity contribution >= 4 is 11.7 Å². The maximum Gasteiger partial charge on any atom is 0.319 e. The highest BCUT2D eigenvalue weighted by molar-refractivity contribution is 5.93. The van der Waals surface area contributed by atoms with E-state index in [-0.39, 0.29) is 6.03 Å². The molecule has 1 aromatic carbocycles. The highest BCUT2D eigenvalue weighted by atomic mass is 16.5. The summed E-state index contributed by atoms with van der Waals surface area (Å²) in [5.41, 5.74) is 4.45. The van der Waals surface area contributed by atoms with Crippen LogP contribution < -0.4 is 20.1 Å². The van der Waals surface area contributed by atoms with Crippen molar-refractivity contribution in [3.63, 3.8) is 0 Å². The Morgan fingerprint density at radius 1 is 1.12 bits per heavy atom. The number of carbonyl (C=O) groups excluding carboxylic acids is 1. The first-order valence-electron chi connectivity index (χ1n) is 8.98. The molecule has 2 aliphatic heterocycles. The molecule has 5 nitrogen and oxygen atoms in total. The third kappa shape index (κ3) is 3.07. The fourth-order valence-corrected chi connectivity index (χ4v) is 3.74. The van der Waals surface area contributed by atoms with E-state index >= 15 is 0 Å². The Balaban J connectivity index is 1.40. The van der Waals surface area contributed by atoms with Crippen molar-refractivity contribution in [1.82, 2.24) is 5.32 Å². The van der Waals surface area contributed by atoms with Gasteiger partial charge in [-0.05, 0) is 38.2 Å². The molecule has 4 rings (SSSR count). The smallest absolute Gasteiger partial charge is 0.319 e. The number of allylic oxidation sites excluding steroid dienone is 1. The minimum atomic E-state index is -0.163. The second-order valence-corrected chi connectivity index (χ2v) is 6.65. The Morgan fingerprint density at radius 3 is 2.92 bits per heavy atom. The number of fused-ring (bicyclic) bond motifs is 2. The lowest BCUT2D eigenvalue weighted by atomic mass is 9.97. The van der Waals surface area contributed by atoms with Crippen molar-refractivity contribution in [3.8, 4) is 11.5 Å². The fraction of sp³-hybridized carbons (Fsp3) is 0.526. The third-order valence-electron chi connectivity index (χ3n) is 5.01. The van der Waals surface area contributed by atoms with Gasteiger partial charge in [0.2, 0.25) is 0 Å². The number of anilines is 1. The second kappa shape index (κ2) is 6.75. The number of benzene rings is 1. The van der Waals surface area contributed by atoms with Crippen LogP contribution in [0.15, 0.2) is 17.7 Å². The average molecular weight is 328 g/mol. The molecule has 0 fully saturated rings. The molecule has 2 amide bonds. The quantitative estimate of drug-likeness (QED) is 0.831. The van der Waals surface area contributed by atoms with Gasteiger partial charge in [-0.1, -0.05) is 11.6 Å². The lowest BCUT2D eigenvalue weighted by molar-refractivity contribution is 0.252. The van der Waals surface area contributed by atoms with Crippen LogP contribution in [0.4, 0.5) is 10.5 Å². The SMILES string of the molecule is O=C(NCCC1=CCCCC1)Nc1c2c(cc3c1OCC3)OCC2. The summed E-state index contributed by atoms with van der Waals surface area (Å²) in [6, 6.07) is 1.90. The van der Waals surface area contributed by atoms with Gasteiger partial charge in [0.1, 0.15) is 11.5 Å². The Kier molecular flexibility index (Phi) is 4.32. The van der Waals surface area contributed by atoms with Gasteiger partial charge in [-0.3, -0.25) is 0 Å². The van der Waals surface area contributed by atoms with Gasteiger partial charge >= 0.3 is 6.03 Å². The van der Waals surface area contributed by atoms with Gasteiger partial charge in [-0.2, -0.15) is 0 Å². The summed E-state index contributed by atoms with van der Waals surface area (Å²) in [7, 11) is 0. The summed E-state index contributed by atoms with van der Waals surface area (Å²) < 4.78 is 11.4. The van der Waals surface area contributed by atoms with E-state index in [1.54, 1.807) is 0 Å². The van der Waals surface area contributed by atoms with E-state index in [1.807, 2.05) is 0 Å². The summed E-state index contributed by atoms with van der Waals surface area (Å²) in [5, 5.41) is 5.98. The number of hydrogen-bond donors (Lipinski definition) is 2. The third-order valence-corrected chi connectivity index (χ3v) is 5.01. The van der Waals surface area contributed by atoms with E-state index in [4.69, 9.17) is 9.47 Å². The van der Waals surface area contributed by atoms with Gasteiger partial charge in [0, 0.05) is 30.5 Å². The van der Waals surface area contributed by atoms with E-state index in [1.165, 1.54) is 31.3 Å². The first kappa shape index (κ1) is 15.4. The van der Waals surface area contributed by atoms with Crippen molar-refractivity contribution in [2.75, 3.05) is 25.1 Å². The molecular formula is C19H24N2O3. The molecule has 0 saturated carbocycles. The highest BCUT2D eigenvalue weighted by Gasteiger charge is 2.27. The van der Waals surface area contributed by atoms with Gasteiger partial charge in [-0.15, -0.1) is 0 Å². The average Bonchev–Trinajstić information content (AvgIpc) is 3.24. The molecule has 0 saturated heterocycles. The van der Waals surface area contributed by atoms with Crippen LogP contribution >= 0.6 is 0 Å². The molecule has 0 bridgehead atoms. The van der Waals surface area contributed by atoms with Crippen LogP contribution in [0, 0.1) is 0 Å². The molecule has 0 spiro atoms. The Labute approximate surface area is 142 Å². The number of amides is 2. The van der Waals surface area contributed by atoms with Gasteiger partial charge in [0.15, 0.2) is 0 Å². The normalized spacial score (nSPS) is 18.1. The standard InChI is InChI=1S/C19H24N2O3/c22-19(20-9-6-13-4-2-1-3-5-13)21-17-15-8-11-23-16(15)12-14-7-10-24-18(14)17/h4,12H,1-3,5-11H2,(H2,20,21,22). The van der Waals surface area contributed by atoms with Crippen LogP contribution in [0.1, 0.15) is 43.2 Å². The molecule has 1 aliphatic carbocycles. The number of urea groups is 1. The fourth-order valence-electron chi connectivity index (χ4n) is 3.74. The topological polar surface area (TPSA) is 59.6 Å². The van der Waals surface area contributed by atoms with E-state index in [0.717, 1.165) is 47.6 Å². The van der Waals surface area contributed by atoms with Crippen LogP contribution in [0.25, 0.3) is 0 Å². The predicted octanol–water partition coefficient (Wildman–Crippen LogP) is 3.57. The minimum Gasteiger partial charge on any atom is -0.493 e. The highest BCUT2D eigenvalue weighted by Crippen LogP contribution is 2.44. The Morgan fingerprint density at radius 2 is 2.04 bits per heavy atom. The molecule has 5 heteroatoms. The van der Waals surface area contributed by atoms with Gasteiger partial charge in [0.05, 0.1) is 18.9 Å². The van der Waals surface area contributed by atoms with Gasteiger partial charge in [-0.25, -0.2) is 4.79 Å². The van der Waals surface area contributed by atoms with Crippen molar-refractivity contribution in [1.29, 1.82) is 0 Å². The lowest BCUT2D eigenvalue weighted by Crippen LogP contribution is -2.30. The molecule has 2 N–H and O–H groups in total. The zero-order valence-electron chi connectivity index (χ0n) is 14.0. The van der Waals surface area contributed by atoms with Gasteiger partial charge in [0.25, 0.3) is 0 Å². The van der Waals surface area contributed by atoms with Crippen LogP contribution in [-0.4, -0.2) is 25.8 Å². The molecule has 0 aromatic heterocycles. The number of carbonyl (C=O) groups is 1. The minimum absolute atomic E-state index is 0.163. The zero-order valence-corrected chi connectivity index (χ0v) is 14.0. The molecule has 2 heterocycles.